The van der Waals surface area contributed by atoms with Crippen molar-refractivity contribution in [3.05, 3.63) is 0 Å². The Morgan fingerprint density at radius 1 is 0.720 bits per heavy atom. The topological polar surface area (TPSA) is 77.4 Å². The minimum absolute atomic E-state index is 0. The third kappa shape index (κ3) is 18.6. The molecule has 0 aliphatic rings. The van der Waals surface area contributed by atoms with Gasteiger partial charge in [0.25, 0.3) is 0 Å². The van der Waals surface area contributed by atoms with E-state index in [2.05, 4.69) is 6.92 Å². The first-order valence-electron chi connectivity index (χ1n) is 10.0. The molecule has 0 bridgehead atoms. The Kier molecular flexibility index (Phi) is 21.7. The van der Waals surface area contributed by atoms with E-state index in [-0.39, 0.29) is 57.5 Å². The van der Waals surface area contributed by atoms with Crippen LogP contribution in [0.1, 0.15) is 110 Å². The zero-order valence-corrected chi connectivity index (χ0v) is 20.8. The van der Waals surface area contributed by atoms with Gasteiger partial charge in [-0.3, -0.25) is 0 Å². The van der Waals surface area contributed by atoms with Crippen molar-refractivity contribution >= 4 is 10.1 Å². The van der Waals surface area contributed by atoms with Gasteiger partial charge in [0.05, 0.1) is 16.2 Å². The first kappa shape index (κ1) is 28.7. The van der Waals surface area contributed by atoms with Crippen molar-refractivity contribution in [3.63, 3.8) is 0 Å². The van der Waals surface area contributed by atoms with Gasteiger partial charge < -0.3 is 9.66 Å². The Bertz CT molecular complexity index is 374. The number of aliphatic hydroxyl groups excluding tert-OH is 1. The summed E-state index contributed by atoms with van der Waals surface area (Å²) in [4.78, 5) is 0. The summed E-state index contributed by atoms with van der Waals surface area (Å²) in [5.74, 6) is 0. The van der Waals surface area contributed by atoms with Gasteiger partial charge in [-0.05, 0) is 25.7 Å². The molecular weight excluding hydrogens is 363 g/mol. The molecule has 0 aromatic heterocycles. The van der Waals surface area contributed by atoms with E-state index in [1.165, 1.54) is 32.1 Å². The van der Waals surface area contributed by atoms with Crippen LogP contribution in [0.3, 0.4) is 0 Å². The van der Waals surface area contributed by atoms with E-state index >= 15 is 0 Å². The van der Waals surface area contributed by atoms with Gasteiger partial charge in [0.1, 0.15) is 0 Å². The van der Waals surface area contributed by atoms with Gasteiger partial charge in [0.2, 0.25) is 0 Å². The van der Waals surface area contributed by atoms with Crippen molar-refractivity contribution in [1.82, 2.24) is 0 Å². The van der Waals surface area contributed by atoms with Crippen LogP contribution in [-0.4, -0.2) is 29.4 Å². The Morgan fingerprint density at radius 3 is 1.64 bits per heavy atom. The molecule has 0 aliphatic carbocycles. The molecular formula is C19H39KO4S. The van der Waals surface area contributed by atoms with E-state index in [0.717, 1.165) is 38.5 Å². The zero-order chi connectivity index (χ0) is 18.3. The van der Waals surface area contributed by atoms with Crippen molar-refractivity contribution in [1.29, 1.82) is 0 Å². The van der Waals surface area contributed by atoms with Gasteiger partial charge in [-0.15, -0.1) is 0 Å². The Hall–Kier alpha value is 1.51. The Morgan fingerprint density at radius 2 is 1.16 bits per heavy atom. The summed E-state index contributed by atoms with van der Waals surface area (Å²) in [6.07, 6.45) is 13.9. The fourth-order valence-corrected chi connectivity index (χ4v) is 4.08. The third-order valence-electron chi connectivity index (χ3n) is 4.72. The molecule has 0 aromatic carbocycles. The summed E-state index contributed by atoms with van der Waals surface area (Å²) in [5, 5.41) is 8.94. The van der Waals surface area contributed by atoms with Crippen molar-refractivity contribution < 1.29 is 69.5 Å². The van der Waals surface area contributed by atoms with Crippen LogP contribution < -0.4 is 51.4 Å². The van der Waals surface area contributed by atoms with Crippen molar-refractivity contribution in [3.8, 4) is 0 Å². The normalized spacial score (nSPS) is 14.1. The standard InChI is InChI=1S/C19H40O4S.K/c1-3-5-6-7-8-9-10-11-16-19(24(21,22)23)17-13-12-15-18(20)14-4-2;/h18-20H,3-17H2,1-2H3,(H,21,22,23);/q;+1/p-1. The Balaban J connectivity index is 0. The van der Waals surface area contributed by atoms with E-state index in [1.54, 1.807) is 0 Å². The molecule has 0 fully saturated rings. The van der Waals surface area contributed by atoms with Crippen LogP contribution in [0.2, 0.25) is 0 Å². The number of hydrogen-bond acceptors (Lipinski definition) is 4. The molecule has 146 valence electrons. The predicted octanol–water partition coefficient (Wildman–Crippen LogP) is 2.16. The molecule has 1 N–H and O–H groups in total. The first-order valence-corrected chi connectivity index (χ1v) is 11.5. The van der Waals surface area contributed by atoms with E-state index in [9.17, 15) is 18.1 Å². The zero-order valence-electron chi connectivity index (χ0n) is 16.8. The van der Waals surface area contributed by atoms with Crippen molar-refractivity contribution in [2.45, 2.75) is 122 Å². The second-order valence-corrected chi connectivity index (χ2v) is 8.76. The maximum atomic E-state index is 11.4. The molecule has 25 heavy (non-hydrogen) atoms. The van der Waals surface area contributed by atoms with Crippen LogP contribution in [0.15, 0.2) is 0 Å². The van der Waals surface area contributed by atoms with Crippen LogP contribution in [0.25, 0.3) is 0 Å². The summed E-state index contributed by atoms with van der Waals surface area (Å²) in [5.41, 5.74) is 0. The summed E-state index contributed by atoms with van der Waals surface area (Å²) in [6.45, 7) is 4.24. The van der Waals surface area contributed by atoms with Crippen LogP contribution in [0.5, 0.6) is 0 Å². The fourth-order valence-electron chi connectivity index (χ4n) is 3.17. The molecule has 2 atom stereocenters. The molecule has 0 aliphatic heterocycles. The molecule has 0 amide bonds. The summed E-state index contributed by atoms with van der Waals surface area (Å²) >= 11 is 0. The molecule has 0 heterocycles. The largest absolute Gasteiger partial charge is 1.00 e. The molecule has 0 spiro atoms. The molecule has 0 saturated heterocycles. The second kappa shape index (κ2) is 18.9. The molecule has 6 heteroatoms. The summed E-state index contributed by atoms with van der Waals surface area (Å²) < 4.78 is 34.2. The monoisotopic (exact) mass is 402 g/mol. The van der Waals surface area contributed by atoms with Crippen LogP contribution in [0.4, 0.5) is 0 Å². The average Bonchev–Trinajstić information content (AvgIpc) is 2.51. The second-order valence-electron chi connectivity index (χ2n) is 7.11. The van der Waals surface area contributed by atoms with E-state index < -0.39 is 15.4 Å². The SMILES string of the molecule is CCCCCCCCCCC(CCCCC(O)CCC)S(=O)(=O)[O-].[K+]. The van der Waals surface area contributed by atoms with Crippen LogP contribution >= 0.6 is 0 Å². The van der Waals surface area contributed by atoms with Crippen molar-refractivity contribution in [2.75, 3.05) is 0 Å². The number of aliphatic hydroxyl groups is 1. The van der Waals surface area contributed by atoms with E-state index in [0.29, 0.717) is 25.7 Å². The summed E-state index contributed by atoms with van der Waals surface area (Å²) in [7, 11) is -4.19. The smallest absolute Gasteiger partial charge is 0.748 e. The molecule has 0 radical (unpaired) electrons. The van der Waals surface area contributed by atoms with Crippen LogP contribution in [0, 0.1) is 0 Å². The van der Waals surface area contributed by atoms with Crippen LogP contribution in [-0.2, 0) is 10.1 Å². The van der Waals surface area contributed by atoms with Gasteiger partial charge in [-0.1, -0.05) is 84.5 Å². The average molecular weight is 403 g/mol. The number of hydrogen-bond donors (Lipinski definition) is 1. The van der Waals surface area contributed by atoms with E-state index in [1.807, 2.05) is 6.92 Å². The first-order chi connectivity index (χ1) is 11.4. The maximum absolute atomic E-state index is 11.4. The molecule has 2 unspecified atom stereocenters. The van der Waals surface area contributed by atoms with Gasteiger partial charge in [0, 0.05) is 5.25 Å². The molecule has 0 rings (SSSR count). The van der Waals surface area contributed by atoms with E-state index in [4.69, 9.17) is 0 Å². The summed E-state index contributed by atoms with van der Waals surface area (Å²) in [6, 6.07) is 0. The van der Waals surface area contributed by atoms with Gasteiger partial charge in [0.15, 0.2) is 0 Å². The predicted molar refractivity (Wildman–Crippen MR) is 100 cm³/mol. The quantitative estimate of drug-likeness (QED) is 0.230. The molecule has 4 nitrogen and oxygen atoms in total. The fraction of sp³-hybridized carbons (Fsp3) is 1.00. The van der Waals surface area contributed by atoms with Gasteiger partial charge >= 0.3 is 51.4 Å². The van der Waals surface area contributed by atoms with Crippen molar-refractivity contribution in [2.24, 2.45) is 0 Å². The Labute approximate surface area is 199 Å². The molecule has 0 aromatic rings. The maximum Gasteiger partial charge on any atom is 1.00 e. The minimum atomic E-state index is -4.19. The number of unbranched alkanes of at least 4 members (excludes halogenated alkanes) is 8. The van der Waals surface area contributed by atoms with Gasteiger partial charge in [-0.2, -0.15) is 0 Å². The van der Waals surface area contributed by atoms with Gasteiger partial charge in [-0.25, -0.2) is 8.42 Å². The molecule has 0 saturated carbocycles. The minimum Gasteiger partial charge on any atom is -0.748 e. The number of rotatable bonds is 17. The third-order valence-corrected chi connectivity index (χ3v) is 6.01.